The van der Waals surface area contributed by atoms with Crippen molar-refractivity contribution in [2.45, 2.75) is 13.3 Å². The van der Waals surface area contributed by atoms with E-state index in [-0.39, 0.29) is 5.91 Å². The highest BCUT2D eigenvalue weighted by atomic mass is 16.2. The molecule has 76 valence electrons. The first-order valence-corrected chi connectivity index (χ1v) is 4.40. The van der Waals surface area contributed by atoms with Crippen LogP contribution in [0, 0.1) is 5.41 Å². The molecule has 1 aliphatic carbocycles. The van der Waals surface area contributed by atoms with E-state index in [4.69, 9.17) is 5.73 Å². The molecule has 0 aromatic heterocycles. The molecule has 0 aromatic carbocycles. The van der Waals surface area contributed by atoms with Gasteiger partial charge in [0.05, 0.1) is 5.41 Å². The van der Waals surface area contributed by atoms with E-state index in [1.165, 1.54) is 0 Å². The molecular formula is C10H14N2O2. The molecule has 1 aliphatic rings. The molecule has 4 nitrogen and oxygen atoms in total. The van der Waals surface area contributed by atoms with Crippen LogP contribution in [0.1, 0.15) is 13.3 Å². The summed E-state index contributed by atoms with van der Waals surface area (Å²) in [5, 5.41) is 2.52. The zero-order valence-electron chi connectivity index (χ0n) is 8.33. The van der Waals surface area contributed by atoms with Crippen LogP contribution in [0.25, 0.3) is 0 Å². The largest absolute Gasteiger partial charge is 0.369 e. The van der Waals surface area contributed by atoms with Crippen LogP contribution in [0.2, 0.25) is 0 Å². The first-order chi connectivity index (χ1) is 6.49. The average Bonchev–Trinajstić information content (AvgIpc) is 2.16. The molecule has 0 bridgehead atoms. The fourth-order valence-corrected chi connectivity index (χ4v) is 1.38. The van der Waals surface area contributed by atoms with Gasteiger partial charge in [-0.1, -0.05) is 18.2 Å². The zero-order valence-corrected chi connectivity index (χ0v) is 8.33. The standard InChI is InChI=1S/C10H14N2O2/c1-10(9(11)14)5-3-4-7(6-10)8(13)12-2/h3-5H,6H2,1-2H3,(H2,11,14)(H,12,13). The molecule has 0 spiro atoms. The number of hydrogen-bond acceptors (Lipinski definition) is 2. The van der Waals surface area contributed by atoms with Gasteiger partial charge in [0.1, 0.15) is 0 Å². The minimum Gasteiger partial charge on any atom is -0.369 e. The highest BCUT2D eigenvalue weighted by Crippen LogP contribution is 2.30. The van der Waals surface area contributed by atoms with Crippen LogP contribution in [0.15, 0.2) is 23.8 Å². The lowest BCUT2D eigenvalue weighted by molar-refractivity contribution is -0.124. The smallest absolute Gasteiger partial charge is 0.246 e. The Kier molecular flexibility index (Phi) is 2.74. The number of hydrogen-bond donors (Lipinski definition) is 2. The summed E-state index contributed by atoms with van der Waals surface area (Å²) < 4.78 is 0. The number of amides is 2. The van der Waals surface area contributed by atoms with Crippen LogP contribution in [0.3, 0.4) is 0 Å². The molecule has 0 saturated carbocycles. The van der Waals surface area contributed by atoms with Crippen LogP contribution in [0.4, 0.5) is 0 Å². The molecule has 0 heterocycles. The van der Waals surface area contributed by atoms with Gasteiger partial charge in [-0.2, -0.15) is 0 Å². The van der Waals surface area contributed by atoms with Gasteiger partial charge in [-0.3, -0.25) is 9.59 Å². The number of nitrogens with two attached hydrogens (primary N) is 1. The number of nitrogens with one attached hydrogen (secondary N) is 1. The van der Waals surface area contributed by atoms with Crippen molar-refractivity contribution in [2.75, 3.05) is 7.05 Å². The van der Waals surface area contributed by atoms with Crippen molar-refractivity contribution < 1.29 is 9.59 Å². The van der Waals surface area contributed by atoms with Crippen LogP contribution >= 0.6 is 0 Å². The van der Waals surface area contributed by atoms with Crippen molar-refractivity contribution in [2.24, 2.45) is 11.1 Å². The Morgan fingerprint density at radius 1 is 1.57 bits per heavy atom. The minimum atomic E-state index is -0.739. The van der Waals surface area contributed by atoms with Crippen molar-refractivity contribution in [1.82, 2.24) is 5.32 Å². The Hall–Kier alpha value is -1.58. The first kappa shape index (κ1) is 10.5. The summed E-state index contributed by atoms with van der Waals surface area (Å²) in [5.41, 5.74) is 5.10. The summed E-state index contributed by atoms with van der Waals surface area (Å²) in [6, 6.07) is 0. The second kappa shape index (κ2) is 3.65. The second-order valence-corrected chi connectivity index (χ2v) is 3.59. The van der Waals surface area contributed by atoms with Gasteiger partial charge in [0, 0.05) is 12.6 Å². The Morgan fingerprint density at radius 3 is 2.71 bits per heavy atom. The van der Waals surface area contributed by atoms with E-state index in [0.717, 1.165) is 0 Å². The van der Waals surface area contributed by atoms with Crippen molar-refractivity contribution in [3.05, 3.63) is 23.8 Å². The SMILES string of the molecule is CNC(=O)C1=CC=CC(C)(C(N)=O)C1. The molecule has 1 unspecified atom stereocenters. The fraction of sp³-hybridized carbons (Fsp3) is 0.400. The van der Waals surface area contributed by atoms with E-state index in [0.29, 0.717) is 12.0 Å². The molecule has 0 fully saturated rings. The predicted molar refractivity (Wildman–Crippen MR) is 53.2 cm³/mol. The van der Waals surface area contributed by atoms with Gasteiger partial charge in [0.25, 0.3) is 0 Å². The van der Waals surface area contributed by atoms with Crippen molar-refractivity contribution in [1.29, 1.82) is 0 Å². The lowest BCUT2D eigenvalue weighted by Gasteiger charge is -2.25. The molecule has 4 heteroatoms. The molecule has 3 N–H and O–H groups in total. The predicted octanol–water partition coefficient (Wildman–Crippen LogP) is 0.110. The third-order valence-electron chi connectivity index (χ3n) is 2.40. The van der Waals surface area contributed by atoms with Crippen LogP contribution in [-0.2, 0) is 9.59 Å². The summed E-state index contributed by atoms with van der Waals surface area (Å²) in [7, 11) is 1.56. The lowest BCUT2D eigenvalue weighted by atomic mass is 9.79. The maximum Gasteiger partial charge on any atom is 0.246 e. The number of rotatable bonds is 2. The van der Waals surface area contributed by atoms with E-state index < -0.39 is 11.3 Å². The average molecular weight is 194 g/mol. The maximum absolute atomic E-state index is 11.3. The van der Waals surface area contributed by atoms with E-state index in [2.05, 4.69) is 5.32 Å². The normalized spacial score (nSPS) is 25.4. The molecular weight excluding hydrogens is 180 g/mol. The summed E-state index contributed by atoms with van der Waals surface area (Å²) >= 11 is 0. The third kappa shape index (κ3) is 1.84. The van der Waals surface area contributed by atoms with Gasteiger partial charge in [0.2, 0.25) is 11.8 Å². The van der Waals surface area contributed by atoms with Gasteiger partial charge in [-0.15, -0.1) is 0 Å². The van der Waals surface area contributed by atoms with E-state index >= 15 is 0 Å². The molecule has 0 aliphatic heterocycles. The van der Waals surface area contributed by atoms with Crippen molar-refractivity contribution in [3.63, 3.8) is 0 Å². The quantitative estimate of drug-likeness (QED) is 0.655. The number of likely N-dealkylation sites (N-methyl/N-ethyl adjacent to an activating group) is 1. The van der Waals surface area contributed by atoms with Crippen LogP contribution < -0.4 is 11.1 Å². The third-order valence-corrected chi connectivity index (χ3v) is 2.40. The second-order valence-electron chi connectivity index (χ2n) is 3.59. The molecule has 0 aromatic rings. The highest BCUT2D eigenvalue weighted by molar-refractivity contribution is 5.96. The number of allylic oxidation sites excluding steroid dienone is 2. The van der Waals surface area contributed by atoms with Gasteiger partial charge >= 0.3 is 0 Å². The maximum atomic E-state index is 11.3. The molecule has 0 radical (unpaired) electrons. The summed E-state index contributed by atoms with van der Waals surface area (Å²) in [6.07, 6.45) is 5.47. The van der Waals surface area contributed by atoms with Crippen LogP contribution in [-0.4, -0.2) is 18.9 Å². The number of carbonyl (C=O) groups is 2. The Balaban J connectivity index is 2.88. The monoisotopic (exact) mass is 194 g/mol. The van der Waals surface area contributed by atoms with E-state index in [9.17, 15) is 9.59 Å². The summed E-state index contributed by atoms with van der Waals surface area (Å²) in [6.45, 7) is 1.72. The fourth-order valence-electron chi connectivity index (χ4n) is 1.38. The Labute approximate surface area is 82.9 Å². The summed E-state index contributed by atoms with van der Waals surface area (Å²) in [4.78, 5) is 22.5. The van der Waals surface area contributed by atoms with E-state index in [1.54, 1.807) is 32.2 Å². The zero-order chi connectivity index (χ0) is 10.8. The topological polar surface area (TPSA) is 72.2 Å². The van der Waals surface area contributed by atoms with Gasteiger partial charge in [-0.05, 0) is 13.3 Å². The molecule has 1 rings (SSSR count). The summed E-state index contributed by atoms with van der Waals surface area (Å²) in [5.74, 6) is -0.579. The van der Waals surface area contributed by atoms with Crippen LogP contribution in [0.5, 0.6) is 0 Å². The Bertz CT molecular complexity index is 331. The molecule has 0 saturated heterocycles. The minimum absolute atomic E-state index is 0.165. The molecule has 2 amide bonds. The van der Waals surface area contributed by atoms with Gasteiger partial charge in [-0.25, -0.2) is 0 Å². The Morgan fingerprint density at radius 2 is 2.21 bits per heavy atom. The number of carbonyl (C=O) groups excluding carboxylic acids is 2. The lowest BCUT2D eigenvalue weighted by Crippen LogP contribution is -2.36. The number of primary amides is 1. The molecule has 1 atom stereocenters. The van der Waals surface area contributed by atoms with E-state index in [1.807, 2.05) is 0 Å². The van der Waals surface area contributed by atoms with Gasteiger partial charge < -0.3 is 11.1 Å². The van der Waals surface area contributed by atoms with Crippen molar-refractivity contribution in [3.8, 4) is 0 Å². The van der Waals surface area contributed by atoms with Crippen molar-refractivity contribution >= 4 is 11.8 Å². The first-order valence-electron chi connectivity index (χ1n) is 4.40. The molecule has 14 heavy (non-hydrogen) atoms. The van der Waals surface area contributed by atoms with Gasteiger partial charge in [0.15, 0.2) is 0 Å². The highest BCUT2D eigenvalue weighted by Gasteiger charge is 2.32.